The summed E-state index contributed by atoms with van der Waals surface area (Å²) in [6.07, 6.45) is 0. The quantitative estimate of drug-likeness (QED) is 0.289. The average molecular weight is 302 g/mol. The van der Waals surface area contributed by atoms with Gasteiger partial charge in [0.15, 0.2) is 5.84 Å². The molecule has 17 heavy (non-hydrogen) atoms. The third-order valence-electron chi connectivity index (χ3n) is 2.11. The van der Waals surface area contributed by atoms with Crippen molar-refractivity contribution in [2.45, 2.75) is 13.0 Å². The lowest BCUT2D eigenvalue weighted by atomic mass is 10.1. The molecule has 0 heterocycles. The Morgan fingerprint density at radius 1 is 1.59 bits per heavy atom. The highest BCUT2D eigenvalue weighted by atomic mass is 79.9. The van der Waals surface area contributed by atoms with Crippen molar-refractivity contribution in [3.63, 3.8) is 0 Å². The molecular formula is C10H12BrN3O3. The van der Waals surface area contributed by atoms with Gasteiger partial charge in [0, 0.05) is 4.47 Å². The lowest BCUT2D eigenvalue weighted by Gasteiger charge is -2.12. The summed E-state index contributed by atoms with van der Waals surface area (Å²) >= 11 is 3.17. The van der Waals surface area contributed by atoms with E-state index < -0.39 is 11.9 Å². The summed E-state index contributed by atoms with van der Waals surface area (Å²) in [6, 6.07) is 3.87. The number of amides is 1. The highest BCUT2D eigenvalue weighted by Crippen LogP contribution is 2.22. The van der Waals surface area contributed by atoms with Crippen LogP contribution in [0.15, 0.2) is 27.8 Å². The van der Waals surface area contributed by atoms with Crippen molar-refractivity contribution in [2.75, 3.05) is 0 Å². The Bertz CT molecular complexity index is 462. The van der Waals surface area contributed by atoms with Crippen LogP contribution in [0.25, 0.3) is 0 Å². The van der Waals surface area contributed by atoms with Crippen molar-refractivity contribution < 1.29 is 15.1 Å². The summed E-state index contributed by atoms with van der Waals surface area (Å²) in [6.45, 7) is 1.56. The first kappa shape index (κ1) is 13.3. The third kappa shape index (κ3) is 3.35. The fourth-order valence-electron chi connectivity index (χ4n) is 1.13. The van der Waals surface area contributed by atoms with Crippen LogP contribution in [0, 0.1) is 0 Å². The maximum Gasteiger partial charge on any atom is 0.255 e. The molecule has 6 nitrogen and oxygen atoms in total. The van der Waals surface area contributed by atoms with Gasteiger partial charge in [0.1, 0.15) is 5.75 Å². The van der Waals surface area contributed by atoms with E-state index >= 15 is 0 Å². The van der Waals surface area contributed by atoms with E-state index in [-0.39, 0.29) is 17.1 Å². The fraction of sp³-hybridized carbons (Fsp3) is 0.200. The smallest absolute Gasteiger partial charge is 0.255 e. The van der Waals surface area contributed by atoms with E-state index in [0.29, 0.717) is 4.47 Å². The van der Waals surface area contributed by atoms with Gasteiger partial charge in [-0.1, -0.05) is 21.1 Å². The normalized spacial score (nSPS) is 13.2. The fourth-order valence-corrected chi connectivity index (χ4v) is 1.48. The second-order valence-corrected chi connectivity index (χ2v) is 4.30. The average Bonchev–Trinajstić information content (AvgIpc) is 2.27. The van der Waals surface area contributed by atoms with Gasteiger partial charge in [-0.3, -0.25) is 4.79 Å². The van der Waals surface area contributed by atoms with Gasteiger partial charge in [-0.05, 0) is 25.1 Å². The molecule has 1 unspecified atom stereocenters. The van der Waals surface area contributed by atoms with Crippen molar-refractivity contribution in [3.8, 4) is 5.75 Å². The van der Waals surface area contributed by atoms with Crippen molar-refractivity contribution in [1.29, 1.82) is 0 Å². The Morgan fingerprint density at radius 2 is 2.24 bits per heavy atom. The van der Waals surface area contributed by atoms with Crippen LogP contribution >= 0.6 is 15.9 Å². The molecule has 92 valence electrons. The molecule has 0 spiro atoms. The van der Waals surface area contributed by atoms with Gasteiger partial charge < -0.3 is 21.4 Å². The molecule has 5 N–H and O–H groups in total. The van der Waals surface area contributed by atoms with Gasteiger partial charge in [0.25, 0.3) is 5.91 Å². The first-order valence-electron chi connectivity index (χ1n) is 4.72. The summed E-state index contributed by atoms with van der Waals surface area (Å²) in [4.78, 5) is 11.7. The number of halogens is 1. The molecular weight excluding hydrogens is 290 g/mol. The Labute approximate surface area is 106 Å². The number of phenols is 1. The number of carbonyl (C=O) groups excluding carboxylic acids is 1. The molecule has 0 saturated carbocycles. The number of hydrogen-bond donors (Lipinski definition) is 4. The molecule has 0 bridgehead atoms. The molecule has 0 aliphatic carbocycles. The Balaban J connectivity index is 2.84. The lowest BCUT2D eigenvalue weighted by Crippen LogP contribution is -2.42. The summed E-state index contributed by atoms with van der Waals surface area (Å²) < 4.78 is 0.663. The number of benzene rings is 1. The number of nitrogens with zero attached hydrogens (tertiary/aromatic N) is 1. The Kier molecular flexibility index (Phi) is 4.33. The molecule has 0 aliphatic rings. The van der Waals surface area contributed by atoms with Gasteiger partial charge in [-0.15, -0.1) is 0 Å². The van der Waals surface area contributed by atoms with E-state index in [1.54, 1.807) is 13.0 Å². The van der Waals surface area contributed by atoms with Crippen LogP contribution < -0.4 is 11.1 Å². The number of nitrogens with one attached hydrogen (secondary N) is 1. The van der Waals surface area contributed by atoms with Crippen LogP contribution in [0.1, 0.15) is 17.3 Å². The number of nitrogens with two attached hydrogens (primary N) is 1. The number of rotatable bonds is 3. The van der Waals surface area contributed by atoms with E-state index in [1.165, 1.54) is 12.1 Å². The van der Waals surface area contributed by atoms with Crippen molar-refractivity contribution >= 4 is 27.7 Å². The first-order chi connectivity index (χ1) is 7.95. The van der Waals surface area contributed by atoms with Crippen LogP contribution in [-0.4, -0.2) is 28.1 Å². The zero-order chi connectivity index (χ0) is 13.0. The van der Waals surface area contributed by atoms with Crippen LogP contribution in [0.4, 0.5) is 0 Å². The zero-order valence-corrected chi connectivity index (χ0v) is 10.6. The minimum Gasteiger partial charge on any atom is -0.507 e. The molecule has 1 atom stereocenters. The SMILES string of the molecule is CC(NC(=O)c1ccc(Br)cc1O)C(N)=NO. The monoisotopic (exact) mass is 301 g/mol. The van der Waals surface area contributed by atoms with Gasteiger partial charge in [-0.25, -0.2) is 0 Å². The van der Waals surface area contributed by atoms with E-state index in [1.807, 2.05) is 0 Å². The molecule has 7 heteroatoms. The highest BCUT2D eigenvalue weighted by molar-refractivity contribution is 9.10. The maximum atomic E-state index is 11.7. The number of carbonyl (C=O) groups is 1. The Morgan fingerprint density at radius 3 is 2.76 bits per heavy atom. The van der Waals surface area contributed by atoms with Crippen molar-refractivity contribution in [1.82, 2.24) is 5.32 Å². The minimum atomic E-state index is -0.629. The first-order valence-corrected chi connectivity index (χ1v) is 5.51. The summed E-state index contributed by atoms with van der Waals surface area (Å²) in [5, 5.41) is 23.3. The molecule has 1 rings (SSSR count). The molecule has 0 saturated heterocycles. The van der Waals surface area contributed by atoms with Gasteiger partial charge in [0.05, 0.1) is 11.6 Å². The van der Waals surface area contributed by atoms with E-state index in [9.17, 15) is 9.90 Å². The van der Waals surface area contributed by atoms with Crippen LogP contribution in [0.3, 0.4) is 0 Å². The molecule has 0 fully saturated rings. The number of oxime groups is 1. The molecule has 1 aromatic carbocycles. The minimum absolute atomic E-state index is 0.116. The van der Waals surface area contributed by atoms with Crippen LogP contribution in [0.2, 0.25) is 0 Å². The molecule has 1 amide bonds. The maximum absolute atomic E-state index is 11.7. The lowest BCUT2D eigenvalue weighted by molar-refractivity contribution is 0.0946. The second kappa shape index (κ2) is 5.53. The van der Waals surface area contributed by atoms with Crippen molar-refractivity contribution in [2.24, 2.45) is 10.9 Å². The molecule has 0 aromatic heterocycles. The summed E-state index contributed by atoms with van der Waals surface area (Å²) in [7, 11) is 0. The van der Waals surface area contributed by atoms with Gasteiger partial charge >= 0.3 is 0 Å². The molecule has 0 radical (unpaired) electrons. The van der Waals surface area contributed by atoms with Crippen LogP contribution in [0.5, 0.6) is 5.75 Å². The highest BCUT2D eigenvalue weighted by Gasteiger charge is 2.15. The molecule has 0 aliphatic heterocycles. The van der Waals surface area contributed by atoms with E-state index in [0.717, 1.165) is 0 Å². The predicted octanol–water partition coefficient (Wildman–Crippen LogP) is 1.02. The van der Waals surface area contributed by atoms with Crippen molar-refractivity contribution in [3.05, 3.63) is 28.2 Å². The topological polar surface area (TPSA) is 108 Å². The van der Waals surface area contributed by atoms with E-state index in [2.05, 4.69) is 26.4 Å². The zero-order valence-electron chi connectivity index (χ0n) is 9.01. The number of amidine groups is 1. The van der Waals surface area contributed by atoms with Gasteiger partial charge in [-0.2, -0.15) is 0 Å². The second-order valence-electron chi connectivity index (χ2n) is 3.38. The summed E-state index contributed by atoms with van der Waals surface area (Å²) in [5.41, 5.74) is 5.44. The van der Waals surface area contributed by atoms with Crippen LogP contribution in [-0.2, 0) is 0 Å². The molecule has 1 aromatic rings. The number of hydrogen-bond acceptors (Lipinski definition) is 4. The number of phenolic OH excluding ortho intramolecular Hbond substituents is 1. The summed E-state index contributed by atoms with van der Waals surface area (Å²) in [5.74, 6) is -0.771. The predicted molar refractivity (Wildman–Crippen MR) is 66.1 cm³/mol. The Hall–Kier alpha value is -1.76. The largest absolute Gasteiger partial charge is 0.507 e. The standard InChI is InChI=1S/C10H12BrN3O3/c1-5(9(12)14-17)13-10(16)7-3-2-6(11)4-8(7)15/h2-5,15,17H,1H3,(H2,12,14)(H,13,16). The van der Waals surface area contributed by atoms with E-state index in [4.69, 9.17) is 10.9 Å². The number of aromatic hydroxyl groups is 1. The third-order valence-corrected chi connectivity index (χ3v) is 2.60. The van der Waals surface area contributed by atoms with Gasteiger partial charge in [0.2, 0.25) is 0 Å².